The number of nitrogens with zero attached hydrogens (tertiary/aromatic N) is 1. The number of aromatic nitrogens is 1. The zero-order valence-electron chi connectivity index (χ0n) is 14.6. The Morgan fingerprint density at radius 3 is 2.72 bits per heavy atom. The number of rotatable bonds is 6. The van der Waals surface area contributed by atoms with Crippen molar-refractivity contribution in [3.63, 3.8) is 0 Å². The van der Waals surface area contributed by atoms with Crippen molar-refractivity contribution < 1.29 is 9.53 Å². The maximum absolute atomic E-state index is 12.0. The number of aryl methyl sites for hydroxylation is 1. The van der Waals surface area contributed by atoms with Crippen LogP contribution in [-0.2, 0) is 11.4 Å². The molecule has 0 bridgehead atoms. The van der Waals surface area contributed by atoms with Gasteiger partial charge in [-0.15, -0.1) is 6.58 Å². The molecular weight excluding hydrogens is 312 g/mol. The number of hydrogen-bond donors (Lipinski definition) is 1. The van der Waals surface area contributed by atoms with E-state index in [1.165, 1.54) is 0 Å². The Morgan fingerprint density at radius 2 is 2.04 bits per heavy atom. The molecule has 2 aromatic carbocycles. The van der Waals surface area contributed by atoms with E-state index in [4.69, 9.17) is 4.74 Å². The Balaban J connectivity index is 2.00. The van der Waals surface area contributed by atoms with Gasteiger partial charge in [-0.05, 0) is 24.1 Å². The summed E-state index contributed by atoms with van der Waals surface area (Å²) in [6.45, 7) is 8.27. The molecule has 1 aromatic heterocycles. The summed E-state index contributed by atoms with van der Waals surface area (Å²) in [4.78, 5) is 17.0. The van der Waals surface area contributed by atoms with Crippen molar-refractivity contribution in [1.82, 2.24) is 4.98 Å². The molecule has 25 heavy (non-hydrogen) atoms. The van der Waals surface area contributed by atoms with Gasteiger partial charge in [0.05, 0.1) is 5.52 Å². The van der Waals surface area contributed by atoms with E-state index in [0.717, 1.165) is 33.5 Å². The molecule has 0 aliphatic rings. The predicted octanol–water partition coefficient (Wildman–Crippen LogP) is 4.59. The Labute approximate surface area is 147 Å². The van der Waals surface area contributed by atoms with Crippen molar-refractivity contribution in [2.24, 2.45) is 0 Å². The fourth-order valence-corrected chi connectivity index (χ4v) is 2.87. The van der Waals surface area contributed by atoms with Crippen LogP contribution in [0.3, 0.4) is 0 Å². The summed E-state index contributed by atoms with van der Waals surface area (Å²) in [5.41, 5.74) is 3.97. The number of amides is 1. The van der Waals surface area contributed by atoms with E-state index in [1.54, 1.807) is 17.9 Å². The first-order valence-corrected chi connectivity index (χ1v) is 8.27. The van der Waals surface area contributed by atoms with Gasteiger partial charge >= 0.3 is 0 Å². The number of nitrogens with one attached hydrogen (secondary N) is 1. The lowest BCUT2D eigenvalue weighted by molar-refractivity contribution is -0.116. The van der Waals surface area contributed by atoms with Gasteiger partial charge in [0.2, 0.25) is 5.91 Å². The number of hydrogen-bond acceptors (Lipinski definition) is 2. The Bertz CT molecular complexity index is 897. The van der Waals surface area contributed by atoms with Crippen LogP contribution in [0.2, 0.25) is 0 Å². The van der Waals surface area contributed by atoms with E-state index < -0.39 is 0 Å². The first-order chi connectivity index (χ1) is 12.1. The normalized spacial score (nSPS) is 10.6. The summed E-state index contributed by atoms with van der Waals surface area (Å²) in [6, 6.07) is 13.9. The summed E-state index contributed by atoms with van der Waals surface area (Å²) < 4.78 is 6.07. The molecule has 4 nitrogen and oxygen atoms in total. The summed E-state index contributed by atoms with van der Waals surface area (Å²) in [5, 5.41) is 1.05. The lowest BCUT2D eigenvalue weighted by Gasteiger charge is -2.21. The topological polar surface area (TPSA) is 45.3 Å². The number of carbonyl (C=O) groups is 1. The van der Waals surface area contributed by atoms with Crippen molar-refractivity contribution in [2.45, 2.75) is 20.5 Å². The molecule has 1 amide bonds. The second-order valence-electron chi connectivity index (χ2n) is 6.03. The highest BCUT2D eigenvalue weighted by atomic mass is 16.5. The highest BCUT2D eigenvalue weighted by Gasteiger charge is 2.15. The Kier molecular flexibility index (Phi) is 4.89. The number of ether oxygens (including phenoxy) is 1. The molecule has 0 aliphatic heterocycles. The standard InChI is InChI=1S/C21H22N2O2/c1-4-10-23(16(3)24)18-11-19-15(2)13-22-21(19)20(12-18)25-14-17-8-6-5-7-9-17/h4-9,11-13,22H,1,10,14H2,2-3H3. The third-order valence-electron chi connectivity index (χ3n) is 4.19. The van der Waals surface area contributed by atoms with Crippen LogP contribution >= 0.6 is 0 Å². The number of carbonyl (C=O) groups excluding carboxylic acids is 1. The molecule has 3 aromatic rings. The molecule has 3 rings (SSSR count). The van der Waals surface area contributed by atoms with Crippen molar-refractivity contribution in [3.8, 4) is 5.75 Å². The highest BCUT2D eigenvalue weighted by Crippen LogP contribution is 2.33. The van der Waals surface area contributed by atoms with Gasteiger partial charge in [0.1, 0.15) is 12.4 Å². The monoisotopic (exact) mass is 334 g/mol. The van der Waals surface area contributed by atoms with Crippen molar-refractivity contribution >= 4 is 22.5 Å². The third kappa shape index (κ3) is 3.58. The summed E-state index contributed by atoms with van der Waals surface area (Å²) in [6.07, 6.45) is 3.68. The molecule has 128 valence electrons. The average molecular weight is 334 g/mol. The smallest absolute Gasteiger partial charge is 0.224 e. The van der Waals surface area contributed by atoms with Gasteiger partial charge in [-0.1, -0.05) is 36.4 Å². The van der Waals surface area contributed by atoms with E-state index in [0.29, 0.717) is 13.2 Å². The Morgan fingerprint density at radius 1 is 1.28 bits per heavy atom. The van der Waals surface area contributed by atoms with E-state index in [2.05, 4.69) is 11.6 Å². The van der Waals surface area contributed by atoms with Crippen molar-refractivity contribution in [2.75, 3.05) is 11.4 Å². The summed E-state index contributed by atoms with van der Waals surface area (Å²) >= 11 is 0. The zero-order chi connectivity index (χ0) is 17.8. The molecular formula is C21H22N2O2. The molecule has 0 atom stereocenters. The quantitative estimate of drug-likeness (QED) is 0.670. The maximum Gasteiger partial charge on any atom is 0.224 e. The van der Waals surface area contributed by atoms with E-state index in [-0.39, 0.29) is 5.91 Å². The van der Waals surface area contributed by atoms with Gasteiger partial charge in [0, 0.05) is 36.8 Å². The van der Waals surface area contributed by atoms with Gasteiger partial charge in [-0.2, -0.15) is 0 Å². The molecule has 0 saturated heterocycles. The third-order valence-corrected chi connectivity index (χ3v) is 4.19. The number of fused-ring (bicyclic) bond motifs is 1. The maximum atomic E-state index is 12.0. The SMILES string of the molecule is C=CCN(C(C)=O)c1cc(OCc2ccccc2)c2[nH]cc(C)c2c1. The molecule has 0 radical (unpaired) electrons. The molecule has 0 spiro atoms. The van der Waals surface area contributed by atoms with Crippen LogP contribution < -0.4 is 9.64 Å². The minimum absolute atomic E-state index is 0.0264. The largest absolute Gasteiger partial charge is 0.487 e. The van der Waals surface area contributed by atoms with Crippen LogP contribution in [0, 0.1) is 6.92 Å². The fraction of sp³-hybridized carbons (Fsp3) is 0.190. The van der Waals surface area contributed by atoms with Crippen molar-refractivity contribution in [3.05, 3.63) is 72.4 Å². The lowest BCUT2D eigenvalue weighted by Crippen LogP contribution is -2.28. The predicted molar refractivity (Wildman–Crippen MR) is 102 cm³/mol. The van der Waals surface area contributed by atoms with E-state index >= 15 is 0 Å². The Hall–Kier alpha value is -3.01. The highest BCUT2D eigenvalue weighted by molar-refractivity contribution is 5.97. The van der Waals surface area contributed by atoms with Crippen LogP contribution in [0.25, 0.3) is 10.9 Å². The molecule has 4 heteroatoms. The van der Waals surface area contributed by atoms with E-state index in [9.17, 15) is 4.79 Å². The first kappa shape index (κ1) is 16.8. The van der Waals surface area contributed by atoms with E-state index in [1.807, 2.05) is 55.6 Å². The second kappa shape index (κ2) is 7.26. The number of anilines is 1. The van der Waals surface area contributed by atoms with Crippen LogP contribution in [0.1, 0.15) is 18.1 Å². The molecule has 0 fully saturated rings. The van der Waals surface area contributed by atoms with Gasteiger partial charge in [0.15, 0.2) is 0 Å². The van der Waals surface area contributed by atoms with Gasteiger partial charge < -0.3 is 14.6 Å². The molecule has 1 heterocycles. The molecule has 1 N–H and O–H groups in total. The fourth-order valence-electron chi connectivity index (χ4n) is 2.87. The molecule has 0 unspecified atom stereocenters. The summed E-state index contributed by atoms with van der Waals surface area (Å²) in [7, 11) is 0. The van der Waals surface area contributed by atoms with Crippen LogP contribution in [-0.4, -0.2) is 17.4 Å². The van der Waals surface area contributed by atoms with Crippen LogP contribution in [0.15, 0.2) is 61.3 Å². The van der Waals surface area contributed by atoms with Gasteiger partial charge in [0.25, 0.3) is 0 Å². The zero-order valence-corrected chi connectivity index (χ0v) is 14.6. The number of aromatic amines is 1. The summed E-state index contributed by atoms with van der Waals surface area (Å²) in [5.74, 6) is 0.709. The molecule has 0 aliphatic carbocycles. The lowest BCUT2D eigenvalue weighted by atomic mass is 10.1. The minimum atomic E-state index is -0.0264. The van der Waals surface area contributed by atoms with Crippen LogP contribution in [0.5, 0.6) is 5.75 Å². The molecule has 0 saturated carbocycles. The minimum Gasteiger partial charge on any atom is -0.487 e. The van der Waals surface area contributed by atoms with Gasteiger partial charge in [-0.3, -0.25) is 4.79 Å². The second-order valence-corrected chi connectivity index (χ2v) is 6.03. The number of H-pyrrole nitrogens is 1. The number of benzene rings is 2. The first-order valence-electron chi connectivity index (χ1n) is 8.27. The van der Waals surface area contributed by atoms with Gasteiger partial charge in [-0.25, -0.2) is 0 Å². The van der Waals surface area contributed by atoms with Crippen molar-refractivity contribution in [1.29, 1.82) is 0 Å². The van der Waals surface area contributed by atoms with Crippen LogP contribution in [0.4, 0.5) is 5.69 Å². The average Bonchev–Trinajstić information content (AvgIpc) is 2.99.